The van der Waals surface area contributed by atoms with Crippen LogP contribution in [0.3, 0.4) is 0 Å². The summed E-state index contributed by atoms with van der Waals surface area (Å²) in [6.45, 7) is 6.53. The molecule has 0 unspecified atom stereocenters. The van der Waals surface area contributed by atoms with Gasteiger partial charge in [-0.1, -0.05) is 18.5 Å². The van der Waals surface area contributed by atoms with Gasteiger partial charge in [-0.05, 0) is 32.1 Å². The predicted molar refractivity (Wildman–Crippen MR) is 85.4 cm³/mol. The quantitative estimate of drug-likeness (QED) is 0.905. The number of thioether (sulfide) groups is 1. The van der Waals surface area contributed by atoms with Gasteiger partial charge >= 0.3 is 0 Å². The first-order valence-electron chi connectivity index (χ1n) is 7.83. The molecule has 22 heavy (non-hydrogen) atoms. The van der Waals surface area contributed by atoms with Crippen molar-refractivity contribution in [2.45, 2.75) is 44.4 Å². The van der Waals surface area contributed by atoms with Gasteiger partial charge in [0.15, 0.2) is 5.82 Å². The molecule has 3 rings (SSSR count). The SMILES string of the molecule is CCS[C@@H]1CCCCN([C@H](C)c2nc(-c3ncn[nH]3)no2)C1. The summed E-state index contributed by atoms with van der Waals surface area (Å²) in [4.78, 5) is 11.0. The summed E-state index contributed by atoms with van der Waals surface area (Å²) in [5.41, 5.74) is 0. The van der Waals surface area contributed by atoms with Crippen LogP contribution in [-0.2, 0) is 0 Å². The number of nitrogens with one attached hydrogen (secondary N) is 1. The molecule has 120 valence electrons. The van der Waals surface area contributed by atoms with Crippen molar-refractivity contribution in [1.29, 1.82) is 0 Å². The first-order valence-corrected chi connectivity index (χ1v) is 8.87. The van der Waals surface area contributed by atoms with Gasteiger partial charge in [0, 0.05) is 11.8 Å². The average Bonchev–Trinajstić information content (AvgIpc) is 3.15. The predicted octanol–water partition coefficient (Wildman–Crippen LogP) is 2.52. The second-order valence-corrected chi connectivity index (χ2v) is 7.11. The lowest BCUT2D eigenvalue weighted by Gasteiger charge is -2.27. The normalized spacial score (nSPS) is 21.6. The zero-order valence-electron chi connectivity index (χ0n) is 13.0. The number of H-pyrrole nitrogens is 1. The van der Waals surface area contributed by atoms with E-state index in [1.807, 2.05) is 0 Å². The summed E-state index contributed by atoms with van der Waals surface area (Å²) in [7, 11) is 0. The Morgan fingerprint density at radius 3 is 3.18 bits per heavy atom. The van der Waals surface area contributed by atoms with E-state index < -0.39 is 0 Å². The Hall–Kier alpha value is -1.41. The molecule has 0 aliphatic carbocycles. The fourth-order valence-corrected chi connectivity index (χ4v) is 3.93. The average molecular weight is 322 g/mol. The van der Waals surface area contributed by atoms with Gasteiger partial charge in [0.1, 0.15) is 6.33 Å². The molecule has 2 atom stereocenters. The van der Waals surface area contributed by atoms with Gasteiger partial charge in [-0.25, -0.2) is 4.98 Å². The van der Waals surface area contributed by atoms with E-state index in [2.05, 4.69) is 55.8 Å². The largest absolute Gasteiger partial charge is 0.337 e. The molecule has 1 fully saturated rings. The lowest BCUT2D eigenvalue weighted by Crippen LogP contribution is -2.32. The van der Waals surface area contributed by atoms with Gasteiger partial charge in [0.05, 0.1) is 6.04 Å². The third-order valence-electron chi connectivity index (χ3n) is 4.04. The van der Waals surface area contributed by atoms with Crippen LogP contribution in [0.25, 0.3) is 11.6 Å². The van der Waals surface area contributed by atoms with Crippen LogP contribution in [0.1, 0.15) is 45.0 Å². The molecule has 0 spiro atoms. The van der Waals surface area contributed by atoms with Crippen LogP contribution in [0.4, 0.5) is 0 Å². The van der Waals surface area contributed by atoms with Crippen molar-refractivity contribution in [2.75, 3.05) is 18.8 Å². The number of rotatable bonds is 5. The molecule has 2 aromatic rings. The molecule has 1 aliphatic rings. The first-order chi connectivity index (χ1) is 10.8. The standard InChI is InChI=1S/C14H22N6OS/c1-3-22-11-6-4-5-7-20(8-11)10(2)14-17-13(19-21-14)12-15-9-16-18-12/h9-11H,3-8H2,1-2H3,(H,15,16,18)/t10-,11-/m1/s1. The van der Waals surface area contributed by atoms with E-state index in [0.717, 1.165) is 13.1 Å². The van der Waals surface area contributed by atoms with Crippen molar-refractivity contribution in [2.24, 2.45) is 0 Å². The molecule has 0 radical (unpaired) electrons. The highest BCUT2D eigenvalue weighted by Gasteiger charge is 2.26. The second-order valence-electron chi connectivity index (χ2n) is 5.53. The fraction of sp³-hybridized carbons (Fsp3) is 0.714. The Labute approximate surface area is 134 Å². The molecule has 1 aliphatic heterocycles. The molecular weight excluding hydrogens is 300 g/mol. The third kappa shape index (κ3) is 3.49. The molecule has 8 heteroatoms. The summed E-state index contributed by atoms with van der Waals surface area (Å²) in [6, 6.07) is 0.127. The van der Waals surface area contributed by atoms with Crippen molar-refractivity contribution < 1.29 is 4.52 Å². The molecular formula is C14H22N6OS. The summed E-state index contributed by atoms with van der Waals surface area (Å²) < 4.78 is 5.44. The van der Waals surface area contributed by atoms with Crippen LogP contribution < -0.4 is 0 Å². The second kappa shape index (κ2) is 7.23. The van der Waals surface area contributed by atoms with E-state index in [9.17, 15) is 0 Å². The molecule has 7 nitrogen and oxygen atoms in total. The maximum atomic E-state index is 5.44. The number of likely N-dealkylation sites (tertiary alicyclic amines) is 1. The highest BCUT2D eigenvalue weighted by atomic mass is 32.2. The topological polar surface area (TPSA) is 83.7 Å². The Bertz CT molecular complexity index is 572. The van der Waals surface area contributed by atoms with E-state index in [1.165, 1.54) is 31.3 Å². The Balaban J connectivity index is 1.70. The highest BCUT2D eigenvalue weighted by Crippen LogP contribution is 2.28. The minimum absolute atomic E-state index is 0.127. The molecule has 1 N–H and O–H groups in total. The number of hydrogen-bond donors (Lipinski definition) is 1. The van der Waals surface area contributed by atoms with E-state index in [4.69, 9.17) is 4.52 Å². The zero-order chi connectivity index (χ0) is 15.4. The van der Waals surface area contributed by atoms with Crippen molar-refractivity contribution in [3.8, 4) is 11.6 Å². The van der Waals surface area contributed by atoms with Gasteiger partial charge in [-0.2, -0.15) is 21.8 Å². The minimum Gasteiger partial charge on any atom is -0.337 e. The van der Waals surface area contributed by atoms with Crippen molar-refractivity contribution in [3.63, 3.8) is 0 Å². The van der Waals surface area contributed by atoms with Crippen LogP contribution >= 0.6 is 11.8 Å². The number of aromatic amines is 1. The monoisotopic (exact) mass is 322 g/mol. The van der Waals surface area contributed by atoms with Gasteiger partial charge in [0.2, 0.25) is 11.7 Å². The van der Waals surface area contributed by atoms with E-state index in [0.29, 0.717) is 22.8 Å². The molecule has 3 heterocycles. The third-order valence-corrected chi connectivity index (χ3v) is 5.23. The van der Waals surface area contributed by atoms with E-state index >= 15 is 0 Å². The summed E-state index contributed by atoms with van der Waals surface area (Å²) in [5.74, 6) is 2.82. The summed E-state index contributed by atoms with van der Waals surface area (Å²) in [5, 5.41) is 11.3. The van der Waals surface area contributed by atoms with Gasteiger partial charge in [-0.15, -0.1) is 0 Å². The van der Waals surface area contributed by atoms with Gasteiger partial charge in [0.25, 0.3) is 0 Å². The highest BCUT2D eigenvalue weighted by molar-refractivity contribution is 7.99. The van der Waals surface area contributed by atoms with Crippen LogP contribution in [0.5, 0.6) is 0 Å². The maximum Gasteiger partial charge on any atom is 0.244 e. The van der Waals surface area contributed by atoms with Crippen molar-refractivity contribution >= 4 is 11.8 Å². The molecule has 1 saturated heterocycles. The molecule has 0 aromatic carbocycles. The van der Waals surface area contributed by atoms with Crippen molar-refractivity contribution in [1.82, 2.24) is 30.2 Å². The zero-order valence-corrected chi connectivity index (χ0v) is 13.8. The lowest BCUT2D eigenvalue weighted by molar-refractivity contribution is 0.180. The van der Waals surface area contributed by atoms with Gasteiger partial charge < -0.3 is 4.52 Å². The summed E-state index contributed by atoms with van der Waals surface area (Å²) in [6.07, 6.45) is 5.27. The molecule has 2 aromatic heterocycles. The summed E-state index contributed by atoms with van der Waals surface area (Å²) >= 11 is 2.05. The Morgan fingerprint density at radius 1 is 1.50 bits per heavy atom. The smallest absolute Gasteiger partial charge is 0.244 e. The van der Waals surface area contributed by atoms with E-state index in [1.54, 1.807) is 0 Å². The molecule has 0 amide bonds. The minimum atomic E-state index is 0.127. The maximum absolute atomic E-state index is 5.44. The number of nitrogens with zero attached hydrogens (tertiary/aromatic N) is 5. The number of aromatic nitrogens is 5. The Morgan fingerprint density at radius 2 is 2.41 bits per heavy atom. The number of hydrogen-bond acceptors (Lipinski definition) is 7. The lowest BCUT2D eigenvalue weighted by atomic mass is 10.2. The Kier molecular flexibility index (Phi) is 5.09. The molecule has 0 bridgehead atoms. The van der Waals surface area contributed by atoms with Crippen LogP contribution in [-0.4, -0.2) is 54.3 Å². The van der Waals surface area contributed by atoms with Crippen LogP contribution in [0.15, 0.2) is 10.9 Å². The van der Waals surface area contributed by atoms with Gasteiger partial charge in [-0.3, -0.25) is 10.00 Å². The van der Waals surface area contributed by atoms with Crippen LogP contribution in [0.2, 0.25) is 0 Å². The fourth-order valence-electron chi connectivity index (χ4n) is 2.83. The molecule has 0 saturated carbocycles. The van der Waals surface area contributed by atoms with Crippen molar-refractivity contribution in [3.05, 3.63) is 12.2 Å². The van der Waals surface area contributed by atoms with E-state index in [-0.39, 0.29) is 6.04 Å². The van der Waals surface area contributed by atoms with Crippen LogP contribution in [0, 0.1) is 0 Å². The first kappa shape index (κ1) is 15.5.